The minimum atomic E-state index is -0.867. The van der Waals surface area contributed by atoms with Crippen molar-refractivity contribution >= 4 is 5.97 Å². The smallest absolute Gasteiger partial charge is 0.310 e. The van der Waals surface area contributed by atoms with E-state index in [2.05, 4.69) is 13.0 Å². The molecule has 1 N–H and O–H groups in total. The molecular formula is C30H42O5. The molecule has 0 aromatic heterocycles. The van der Waals surface area contributed by atoms with Crippen LogP contribution in [0, 0.1) is 5.92 Å². The molecule has 3 aliphatic carbocycles. The third-order valence-corrected chi connectivity index (χ3v) is 9.18. The highest BCUT2D eigenvalue weighted by Crippen LogP contribution is 2.67. The monoisotopic (exact) mass is 482 g/mol. The number of methoxy groups -OCH3 is 1. The van der Waals surface area contributed by atoms with E-state index in [0.29, 0.717) is 24.4 Å². The van der Waals surface area contributed by atoms with Crippen LogP contribution in [0.1, 0.15) is 108 Å². The summed E-state index contributed by atoms with van der Waals surface area (Å²) in [6.07, 6.45) is 17.1. The summed E-state index contributed by atoms with van der Waals surface area (Å²) in [5, 5.41) is 12.1. The van der Waals surface area contributed by atoms with Gasteiger partial charge in [-0.15, -0.1) is 0 Å². The Hall–Kier alpha value is -2.01. The number of carbonyl (C=O) groups is 1. The van der Waals surface area contributed by atoms with E-state index in [4.69, 9.17) is 14.2 Å². The van der Waals surface area contributed by atoms with Crippen molar-refractivity contribution in [1.82, 2.24) is 0 Å². The van der Waals surface area contributed by atoms with Crippen LogP contribution in [0.4, 0.5) is 0 Å². The number of esters is 1. The Morgan fingerprint density at radius 3 is 2.60 bits per heavy atom. The second kappa shape index (κ2) is 10.2. The Morgan fingerprint density at radius 2 is 1.86 bits per heavy atom. The van der Waals surface area contributed by atoms with Crippen LogP contribution in [0.3, 0.4) is 0 Å². The Bertz CT molecular complexity index is 968. The van der Waals surface area contributed by atoms with Gasteiger partial charge in [-0.3, -0.25) is 4.79 Å². The van der Waals surface area contributed by atoms with Crippen LogP contribution >= 0.6 is 0 Å². The molecule has 35 heavy (non-hydrogen) atoms. The molecule has 1 fully saturated rings. The number of ether oxygens (including phenoxy) is 3. The van der Waals surface area contributed by atoms with Gasteiger partial charge >= 0.3 is 5.97 Å². The molecule has 4 atom stereocenters. The van der Waals surface area contributed by atoms with Gasteiger partial charge in [0.2, 0.25) is 0 Å². The fourth-order valence-corrected chi connectivity index (χ4v) is 7.44. The first-order valence-corrected chi connectivity index (χ1v) is 14.0. The van der Waals surface area contributed by atoms with E-state index in [0.717, 1.165) is 49.8 Å². The molecule has 0 radical (unpaired) electrons. The Morgan fingerprint density at radius 1 is 1.11 bits per heavy atom. The number of aliphatic hydroxyl groups is 1. The normalized spacial score (nSPS) is 29.7. The molecule has 2 bridgehead atoms. The van der Waals surface area contributed by atoms with Crippen LogP contribution in [0.2, 0.25) is 0 Å². The number of hydrogen-bond donors (Lipinski definition) is 1. The molecule has 5 rings (SSSR count). The largest absolute Gasteiger partial charge is 0.493 e. The maximum Gasteiger partial charge on any atom is 0.310 e. The van der Waals surface area contributed by atoms with Crippen LogP contribution in [-0.4, -0.2) is 29.9 Å². The summed E-state index contributed by atoms with van der Waals surface area (Å²) < 4.78 is 18.2. The van der Waals surface area contributed by atoms with Gasteiger partial charge in [0, 0.05) is 12.0 Å². The summed E-state index contributed by atoms with van der Waals surface area (Å²) in [6.45, 7) is 2.25. The van der Waals surface area contributed by atoms with E-state index in [-0.39, 0.29) is 11.9 Å². The van der Waals surface area contributed by atoms with Crippen LogP contribution in [0.25, 0.3) is 0 Å². The summed E-state index contributed by atoms with van der Waals surface area (Å²) in [5.41, 5.74) is 0.920. The van der Waals surface area contributed by atoms with Gasteiger partial charge in [-0.1, -0.05) is 70.8 Å². The van der Waals surface area contributed by atoms with E-state index >= 15 is 0 Å². The van der Waals surface area contributed by atoms with Crippen molar-refractivity contribution in [2.45, 2.75) is 120 Å². The van der Waals surface area contributed by atoms with Crippen molar-refractivity contribution < 1.29 is 24.1 Å². The summed E-state index contributed by atoms with van der Waals surface area (Å²) in [7, 11) is 1.65. The Balaban J connectivity index is 1.25. The van der Waals surface area contributed by atoms with Gasteiger partial charge in [0.15, 0.2) is 17.6 Å². The molecule has 1 aliphatic heterocycles. The van der Waals surface area contributed by atoms with Crippen molar-refractivity contribution in [2.24, 2.45) is 5.92 Å². The van der Waals surface area contributed by atoms with E-state index in [1.165, 1.54) is 50.5 Å². The van der Waals surface area contributed by atoms with E-state index < -0.39 is 17.1 Å². The van der Waals surface area contributed by atoms with Crippen molar-refractivity contribution in [3.8, 4) is 11.5 Å². The third kappa shape index (κ3) is 4.08. The van der Waals surface area contributed by atoms with Crippen molar-refractivity contribution in [3.63, 3.8) is 0 Å². The molecule has 1 saturated carbocycles. The van der Waals surface area contributed by atoms with Crippen LogP contribution in [0.5, 0.6) is 11.5 Å². The summed E-state index contributed by atoms with van der Waals surface area (Å²) >= 11 is 0. The van der Waals surface area contributed by atoms with Gasteiger partial charge in [-0.05, 0) is 55.7 Å². The average molecular weight is 483 g/mol. The number of rotatable bonds is 12. The van der Waals surface area contributed by atoms with E-state index in [1.54, 1.807) is 7.11 Å². The predicted molar refractivity (Wildman–Crippen MR) is 136 cm³/mol. The molecule has 1 aromatic carbocycles. The molecule has 1 heterocycles. The second-order valence-corrected chi connectivity index (χ2v) is 11.2. The lowest BCUT2D eigenvalue weighted by Gasteiger charge is -2.59. The van der Waals surface area contributed by atoms with Crippen molar-refractivity contribution in [1.29, 1.82) is 0 Å². The standard InChI is InChI=1S/C30H42O5/c1-3-4-5-6-7-8-9-10-11-14-25(31)34-24-17-19-30(32)22-13-12-18-29(30)26-21(20-22)15-16-23(33-2)27(26)35-28(24)29/h15-17,22,28,32H,3-14,18-20H2,1-2H3/t22-,28+,29+,30-/m1/s1. The van der Waals surface area contributed by atoms with Gasteiger partial charge < -0.3 is 19.3 Å². The zero-order valence-corrected chi connectivity index (χ0v) is 21.6. The van der Waals surface area contributed by atoms with Gasteiger partial charge in [0.05, 0.1) is 18.1 Å². The number of unbranched alkanes of at least 4 members (excludes halogenated alkanes) is 8. The fourth-order valence-electron chi connectivity index (χ4n) is 7.44. The predicted octanol–water partition coefficient (Wildman–Crippen LogP) is 6.53. The SMILES string of the molecule is CCCCCCCCCCCC(=O)OC1=CC[C@@]2(O)[C@@H]3CCC[C@@]24c2c(ccc(OC)c2O[C@@H]14)C3. The van der Waals surface area contributed by atoms with Gasteiger partial charge in [0.1, 0.15) is 5.76 Å². The number of carbonyl (C=O) groups excluding carboxylic acids is 1. The highest BCUT2D eigenvalue weighted by Gasteiger charge is 2.70. The van der Waals surface area contributed by atoms with Crippen LogP contribution in [0.15, 0.2) is 24.0 Å². The minimum absolute atomic E-state index is 0.184. The zero-order chi connectivity index (χ0) is 24.5. The molecule has 5 heteroatoms. The Labute approximate surface area is 210 Å². The van der Waals surface area contributed by atoms with Gasteiger partial charge in [-0.2, -0.15) is 0 Å². The molecule has 0 saturated heterocycles. The van der Waals surface area contributed by atoms with E-state index in [1.807, 2.05) is 12.1 Å². The molecule has 1 aromatic rings. The number of hydrogen-bond acceptors (Lipinski definition) is 5. The molecule has 5 nitrogen and oxygen atoms in total. The molecule has 4 aliphatic rings. The topological polar surface area (TPSA) is 65.0 Å². The van der Waals surface area contributed by atoms with Crippen LogP contribution < -0.4 is 9.47 Å². The third-order valence-electron chi connectivity index (χ3n) is 9.18. The first kappa shape index (κ1) is 24.7. The first-order valence-electron chi connectivity index (χ1n) is 14.0. The lowest BCUT2D eigenvalue weighted by molar-refractivity contribution is -0.160. The second-order valence-electron chi connectivity index (χ2n) is 11.2. The maximum atomic E-state index is 12.8. The highest BCUT2D eigenvalue weighted by atomic mass is 16.6. The maximum absolute atomic E-state index is 12.8. The molecule has 0 amide bonds. The molecular weight excluding hydrogens is 440 g/mol. The fraction of sp³-hybridized carbons (Fsp3) is 0.700. The summed E-state index contributed by atoms with van der Waals surface area (Å²) in [4.78, 5) is 12.8. The van der Waals surface area contributed by atoms with Crippen molar-refractivity contribution in [3.05, 3.63) is 35.1 Å². The number of benzene rings is 1. The van der Waals surface area contributed by atoms with E-state index in [9.17, 15) is 9.90 Å². The quantitative estimate of drug-likeness (QED) is 0.271. The van der Waals surface area contributed by atoms with Crippen LogP contribution in [-0.2, 0) is 21.4 Å². The summed E-state index contributed by atoms with van der Waals surface area (Å²) in [6, 6.07) is 4.11. The average Bonchev–Trinajstić information content (AvgIpc) is 3.19. The highest BCUT2D eigenvalue weighted by molar-refractivity contribution is 5.71. The van der Waals surface area contributed by atoms with Gasteiger partial charge in [-0.25, -0.2) is 0 Å². The zero-order valence-electron chi connectivity index (χ0n) is 21.6. The molecule has 192 valence electrons. The lowest BCUT2D eigenvalue weighted by Crippen LogP contribution is -2.67. The lowest BCUT2D eigenvalue weighted by atomic mass is 9.47. The van der Waals surface area contributed by atoms with Crippen molar-refractivity contribution in [2.75, 3.05) is 7.11 Å². The van der Waals surface area contributed by atoms with Gasteiger partial charge in [0.25, 0.3) is 0 Å². The molecule has 0 unspecified atom stereocenters. The summed E-state index contributed by atoms with van der Waals surface area (Å²) in [5.74, 6) is 2.03. The molecule has 1 spiro atoms. The Kier molecular flexibility index (Phi) is 7.16. The first-order chi connectivity index (χ1) is 17.0. The minimum Gasteiger partial charge on any atom is -0.493 e.